The molecular weight excluding hydrogens is 383 g/mol. The van der Waals surface area contributed by atoms with Crippen LogP contribution in [0.4, 0.5) is 18.9 Å². The first kappa shape index (κ1) is 18.6. The number of hydrogen-bond donors (Lipinski definition) is 2. The SMILES string of the molecule is N#Cc1ccc(NCc2cc3cccc(Cl)c3[nH]c2=O)cc1OC(F)(F)F. The van der Waals surface area contributed by atoms with Crippen LogP contribution >= 0.6 is 11.6 Å². The second kappa shape index (κ2) is 7.21. The average Bonchev–Trinajstić information content (AvgIpc) is 2.60. The van der Waals surface area contributed by atoms with Crippen LogP contribution in [0.3, 0.4) is 0 Å². The van der Waals surface area contributed by atoms with E-state index < -0.39 is 12.1 Å². The fraction of sp³-hybridized carbons (Fsp3) is 0.111. The van der Waals surface area contributed by atoms with E-state index in [4.69, 9.17) is 16.9 Å². The van der Waals surface area contributed by atoms with Crippen LogP contribution in [0.5, 0.6) is 5.75 Å². The van der Waals surface area contributed by atoms with Gasteiger partial charge in [0.25, 0.3) is 5.56 Å². The highest BCUT2D eigenvalue weighted by molar-refractivity contribution is 6.35. The fourth-order valence-corrected chi connectivity index (χ4v) is 2.73. The van der Waals surface area contributed by atoms with Crippen LogP contribution in [-0.2, 0) is 6.54 Å². The molecule has 0 saturated carbocycles. The van der Waals surface area contributed by atoms with Crippen molar-refractivity contribution in [1.82, 2.24) is 4.98 Å². The lowest BCUT2D eigenvalue weighted by Crippen LogP contribution is -2.18. The van der Waals surface area contributed by atoms with E-state index in [0.717, 1.165) is 11.5 Å². The number of para-hydroxylation sites is 1. The Labute approximate surface area is 156 Å². The molecule has 0 unspecified atom stereocenters. The Morgan fingerprint density at radius 3 is 2.70 bits per heavy atom. The molecule has 3 aromatic rings. The van der Waals surface area contributed by atoms with Crippen molar-refractivity contribution in [2.45, 2.75) is 12.9 Å². The van der Waals surface area contributed by atoms with Gasteiger partial charge in [-0.1, -0.05) is 23.7 Å². The number of aromatic amines is 1. The van der Waals surface area contributed by atoms with Crippen LogP contribution in [-0.4, -0.2) is 11.3 Å². The molecule has 0 spiro atoms. The Balaban J connectivity index is 1.86. The molecule has 0 bridgehead atoms. The van der Waals surface area contributed by atoms with Crippen LogP contribution in [0, 0.1) is 11.3 Å². The largest absolute Gasteiger partial charge is 0.573 e. The molecule has 27 heavy (non-hydrogen) atoms. The van der Waals surface area contributed by atoms with Gasteiger partial charge in [0, 0.05) is 29.2 Å². The summed E-state index contributed by atoms with van der Waals surface area (Å²) in [6.07, 6.45) is -4.92. The van der Waals surface area contributed by atoms with E-state index in [-0.39, 0.29) is 23.4 Å². The number of nitrogens with one attached hydrogen (secondary N) is 2. The molecular formula is C18H11ClF3N3O2. The molecule has 3 rings (SSSR count). The molecule has 0 radical (unpaired) electrons. The standard InChI is InChI=1S/C18H11ClF3N3O2/c19-14-3-1-2-10-6-12(17(26)25-16(10)14)9-24-13-5-4-11(8-23)15(7-13)27-18(20,21)22/h1-7,24H,9H2,(H,25,26). The van der Waals surface area contributed by atoms with E-state index >= 15 is 0 Å². The Morgan fingerprint density at radius 1 is 1.22 bits per heavy atom. The minimum absolute atomic E-state index is 0.0507. The smallest absolute Gasteiger partial charge is 0.404 e. The Morgan fingerprint density at radius 2 is 2.00 bits per heavy atom. The number of fused-ring (bicyclic) bond motifs is 1. The Kier molecular flexibility index (Phi) is 4.97. The van der Waals surface area contributed by atoms with E-state index in [0.29, 0.717) is 16.1 Å². The number of alkyl halides is 3. The number of benzene rings is 2. The van der Waals surface area contributed by atoms with Crippen LogP contribution in [0.1, 0.15) is 11.1 Å². The maximum absolute atomic E-state index is 12.5. The number of rotatable bonds is 4. The number of nitriles is 1. The number of ether oxygens (including phenoxy) is 1. The molecule has 0 amide bonds. The molecule has 2 aromatic carbocycles. The highest BCUT2D eigenvalue weighted by atomic mass is 35.5. The molecule has 1 aromatic heterocycles. The zero-order chi connectivity index (χ0) is 19.6. The molecule has 1 heterocycles. The summed E-state index contributed by atoms with van der Waals surface area (Å²) < 4.78 is 41.3. The zero-order valence-corrected chi connectivity index (χ0v) is 14.3. The fourth-order valence-electron chi connectivity index (χ4n) is 2.50. The van der Waals surface area contributed by atoms with E-state index in [1.165, 1.54) is 12.1 Å². The normalized spacial score (nSPS) is 11.2. The van der Waals surface area contributed by atoms with Gasteiger partial charge >= 0.3 is 6.36 Å². The predicted molar refractivity (Wildman–Crippen MR) is 94.7 cm³/mol. The summed E-state index contributed by atoms with van der Waals surface area (Å²) >= 11 is 6.04. The van der Waals surface area contributed by atoms with Crippen molar-refractivity contribution >= 4 is 28.2 Å². The van der Waals surface area contributed by atoms with Crippen LogP contribution in [0.25, 0.3) is 10.9 Å². The highest BCUT2D eigenvalue weighted by Gasteiger charge is 2.32. The lowest BCUT2D eigenvalue weighted by atomic mass is 10.1. The summed E-state index contributed by atoms with van der Waals surface area (Å²) in [5, 5.41) is 12.9. The van der Waals surface area contributed by atoms with Crippen molar-refractivity contribution in [2.24, 2.45) is 0 Å². The topological polar surface area (TPSA) is 77.9 Å². The van der Waals surface area contributed by atoms with Gasteiger partial charge < -0.3 is 15.0 Å². The molecule has 5 nitrogen and oxygen atoms in total. The maximum atomic E-state index is 12.5. The number of anilines is 1. The Hall–Kier alpha value is -3.18. The molecule has 0 fully saturated rings. The molecule has 0 aliphatic heterocycles. The second-order valence-corrected chi connectivity index (χ2v) is 5.96. The quantitative estimate of drug-likeness (QED) is 0.681. The third-order valence-electron chi connectivity index (χ3n) is 3.72. The number of nitrogens with zero attached hydrogens (tertiary/aromatic N) is 1. The summed E-state index contributed by atoms with van der Waals surface area (Å²) in [5.41, 5.74) is 0.512. The van der Waals surface area contributed by atoms with Crippen molar-refractivity contribution in [3.8, 4) is 11.8 Å². The first-order valence-electron chi connectivity index (χ1n) is 7.61. The van der Waals surface area contributed by atoms with Gasteiger partial charge in [0.15, 0.2) is 0 Å². The number of halogens is 4. The van der Waals surface area contributed by atoms with E-state index in [1.54, 1.807) is 30.3 Å². The summed E-state index contributed by atoms with van der Waals surface area (Å²) in [5.74, 6) is -0.616. The van der Waals surface area contributed by atoms with Gasteiger partial charge in [-0.2, -0.15) is 5.26 Å². The van der Waals surface area contributed by atoms with Crippen molar-refractivity contribution in [1.29, 1.82) is 5.26 Å². The van der Waals surface area contributed by atoms with Crippen molar-refractivity contribution in [3.63, 3.8) is 0 Å². The first-order chi connectivity index (χ1) is 12.8. The molecule has 0 saturated heterocycles. The molecule has 2 N–H and O–H groups in total. The van der Waals surface area contributed by atoms with Crippen molar-refractivity contribution in [3.05, 3.63) is 69.0 Å². The average molecular weight is 394 g/mol. The van der Waals surface area contributed by atoms with Gasteiger partial charge in [0.2, 0.25) is 0 Å². The molecule has 138 valence electrons. The van der Waals surface area contributed by atoms with Crippen LogP contribution in [0.15, 0.2) is 47.3 Å². The first-order valence-corrected chi connectivity index (χ1v) is 7.99. The Bertz CT molecular complexity index is 1100. The number of H-pyrrole nitrogens is 1. The summed E-state index contributed by atoms with van der Waals surface area (Å²) in [4.78, 5) is 14.9. The van der Waals surface area contributed by atoms with E-state index in [1.807, 2.05) is 0 Å². The van der Waals surface area contributed by atoms with Gasteiger partial charge in [-0.05, 0) is 24.3 Å². The van der Waals surface area contributed by atoms with Crippen LogP contribution < -0.4 is 15.6 Å². The third-order valence-corrected chi connectivity index (χ3v) is 4.03. The molecule has 0 atom stereocenters. The van der Waals surface area contributed by atoms with Crippen molar-refractivity contribution in [2.75, 3.05) is 5.32 Å². The zero-order valence-electron chi connectivity index (χ0n) is 13.5. The van der Waals surface area contributed by atoms with Crippen LogP contribution in [0.2, 0.25) is 5.02 Å². The maximum Gasteiger partial charge on any atom is 0.573 e. The van der Waals surface area contributed by atoms with E-state index in [2.05, 4.69) is 15.0 Å². The minimum atomic E-state index is -4.92. The summed E-state index contributed by atoms with van der Waals surface area (Å²) in [7, 11) is 0. The van der Waals surface area contributed by atoms with Gasteiger partial charge in [0.1, 0.15) is 11.8 Å². The van der Waals surface area contributed by atoms with Gasteiger partial charge in [0.05, 0.1) is 16.1 Å². The van der Waals surface area contributed by atoms with E-state index in [9.17, 15) is 18.0 Å². The second-order valence-electron chi connectivity index (χ2n) is 5.55. The van der Waals surface area contributed by atoms with Gasteiger partial charge in [-0.25, -0.2) is 0 Å². The third kappa shape index (κ3) is 4.33. The molecule has 9 heteroatoms. The van der Waals surface area contributed by atoms with Gasteiger partial charge in [-0.15, -0.1) is 13.2 Å². The number of aromatic nitrogens is 1. The molecule has 0 aliphatic carbocycles. The minimum Gasteiger partial charge on any atom is -0.404 e. The monoisotopic (exact) mass is 393 g/mol. The highest BCUT2D eigenvalue weighted by Crippen LogP contribution is 2.29. The molecule has 0 aliphatic rings. The lowest BCUT2D eigenvalue weighted by molar-refractivity contribution is -0.274. The van der Waals surface area contributed by atoms with Gasteiger partial charge in [-0.3, -0.25) is 4.79 Å². The predicted octanol–water partition coefficient (Wildman–Crippen LogP) is 4.56. The lowest BCUT2D eigenvalue weighted by Gasteiger charge is -2.13. The summed E-state index contributed by atoms with van der Waals surface area (Å²) in [6.45, 7) is 0.0507. The summed E-state index contributed by atoms with van der Waals surface area (Å²) in [6, 6.07) is 12.1. The number of hydrogen-bond acceptors (Lipinski definition) is 4. The van der Waals surface area contributed by atoms with Crippen molar-refractivity contribution < 1.29 is 17.9 Å². The number of pyridine rings is 1.